The molecule has 0 unspecified atom stereocenters. The molecule has 0 heterocycles. The van der Waals surface area contributed by atoms with Gasteiger partial charge in [-0.2, -0.15) is 0 Å². The summed E-state index contributed by atoms with van der Waals surface area (Å²) in [7, 11) is 0. The minimum Gasteiger partial charge on any atom is -0.100 e. The fourth-order valence-electron chi connectivity index (χ4n) is 1.23. The van der Waals surface area contributed by atoms with Crippen LogP contribution in [0, 0.1) is 5.41 Å². The Morgan fingerprint density at radius 3 is 1.80 bits per heavy atom. The van der Waals surface area contributed by atoms with Gasteiger partial charge in [0.1, 0.15) is 0 Å². The Morgan fingerprint density at radius 2 is 1.70 bits per heavy atom. The van der Waals surface area contributed by atoms with E-state index in [1.165, 1.54) is 24.8 Å². The van der Waals surface area contributed by atoms with E-state index in [0.717, 1.165) is 0 Å². The maximum absolute atomic E-state index is 3.94. The number of allylic oxidation sites excluding steroid dienone is 1. The lowest BCUT2D eigenvalue weighted by atomic mass is 9.79. The molecule has 0 bridgehead atoms. The van der Waals surface area contributed by atoms with E-state index in [9.17, 15) is 0 Å². The van der Waals surface area contributed by atoms with Crippen LogP contribution in [0.3, 0.4) is 0 Å². The molecule has 0 aromatic heterocycles. The van der Waals surface area contributed by atoms with Crippen LogP contribution in [0.2, 0.25) is 0 Å². The molecule has 0 rings (SSSR count). The van der Waals surface area contributed by atoms with Crippen molar-refractivity contribution in [2.45, 2.75) is 47.0 Å². The van der Waals surface area contributed by atoms with Crippen molar-refractivity contribution in [2.24, 2.45) is 5.41 Å². The van der Waals surface area contributed by atoms with Gasteiger partial charge in [-0.3, -0.25) is 0 Å². The van der Waals surface area contributed by atoms with Crippen LogP contribution in [-0.2, 0) is 0 Å². The van der Waals surface area contributed by atoms with E-state index >= 15 is 0 Å². The maximum atomic E-state index is 3.94. The monoisotopic (exact) mass is 140 g/mol. The highest BCUT2D eigenvalue weighted by molar-refractivity contribution is 4.94. The summed E-state index contributed by atoms with van der Waals surface area (Å²) in [5, 5.41) is 0. The number of hydrogen-bond acceptors (Lipinski definition) is 0. The van der Waals surface area contributed by atoms with Crippen LogP contribution in [0.15, 0.2) is 12.2 Å². The summed E-state index contributed by atoms with van der Waals surface area (Å²) >= 11 is 0. The van der Waals surface area contributed by atoms with Gasteiger partial charge >= 0.3 is 0 Å². The lowest BCUT2D eigenvalue weighted by Gasteiger charge is -2.26. The molecule has 0 amide bonds. The van der Waals surface area contributed by atoms with Crippen molar-refractivity contribution in [3.8, 4) is 0 Å². The van der Waals surface area contributed by atoms with Crippen molar-refractivity contribution >= 4 is 0 Å². The SMILES string of the molecule is C=C(C)CC(C)(CC)CC. The Kier molecular flexibility index (Phi) is 3.70. The molecule has 0 aliphatic rings. The number of rotatable bonds is 4. The molecule has 10 heavy (non-hydrogen) atoms. The average molecular weight is 140 g/mol. The van der Waals surface area contributed by atoms with E-state index in [0.29, 0.717) is 5.41 Å². The molecular formula is C10H20. The second-order valence-corrected chi connectivity index (χ2v) is 3.65. The zero-order chi connectivity index (χ0) is 8.20. The van der Waals surface area contributed by atoms with E-state index in [1.807, 2.05) is 0 Å². The summed E-state index contributed by atoms with van der Waals surface area (Å²) in [5.41, 5.74) is 1.82. The molecule has 0 radical (unpaired) electrons. The third-order valence-corrected chi connectivity index (χ3v) is 2.44. The first kappa shape index (κ1) is 9.74. The molecule has 0 N–H and O–H groups in total. The quantitative estimate of drug-likeness (QED) is 0.521. The van der Waals surface area contributed by atoms with Gasteiger partial charge in [-0.25, -0.2) is 0 Å². The van der Waals surface area contributed by atoms with Crippen LogP contribution in [-0.4, -0.2) is 0 Å². The third-order valence-electron chi connectivity index (χ3n) is 2.44. The first-order valence-electron chi connectivity index (χ1n) is 4.18. The molecule has 0 saturated heterocycles. The Hall–Kier alpha value is -0.260. The molecule has 0 aliphatic heterocycles. The van der Waals surface area contributed by atoms with Crippen LogP contribution in [0.5, 0.6) is 0 Å². The van der Waals surface area contributed by atoms with Crippen molar-refractivity contribution in [2.75, 3.05) is 0 Å². The van der Waals surface area contributed by atoms with E-state index in [1.54, 1.807) is 0 Å². The van der Waals surface area contributed by atoms with Crippen LogP contribution in [0.25, 0.3) is 0 Å². The molecule has 0 saturated carbocycles. The zero-order valence-corrected chi connectivity index (χ0v) is 7.83. The highest BCUT2D eigenvalue weighted by atomic mass is 14.2. The highest BCUT2D eigenvalue weighted by Crippen LogP contribution is 2.31. The molecular weight excluding hydrogens is 120 g/mol. The lowest BCUT2D eigenvalue weighted by molar-refractivity contribution is 0.295. The third kappa shape index (κ3) is 3.05. The summed E-state index contributed by atoms with van der Waals surface area (Å²) in [6.45, 7) is 12.9. The van der Waals surface area contributed by atoms with E-state index in [4.69, 9.17) is 0 Å². The molecule has 0 aromatic rings. The zero-order valence-electron chi connectivity index (χ0n) is 7.83. The van der Waals surface area contributed by atoms with Crippen molar-refractivity contribution < 1.29 is 0 Å². The summed E-state index contributed by atoms with van der Waals surface area (Å²) in [6, 6.07) is 0. The average Bonchev–Trinajstić information content (AvgIpc) is 1.87. The lowest BCUT2D eigenvalue weighted by Crippen LogP contribution is -2.13. The van der Waals surface area contributed by atoms with E-state index in [-0.39, 0.29) is 0 Å². The molecule has 0 fully saturated rings. The molecule has 60 valence electrons. The fourth-order valence-corrected chi connectivity index (χ4v) is 1.23. The van der Waals surface area contributed by atoms with Crippen molar-refractivity contribution in [3.05, 3.63) is 12.2 Å². The first-order chi connectivity index (χ1) is 4.54. The summed E-state index contributed by atoms with van der Waals surface area (Å²) in [5.74, 6) is 0. The second kappa shape index (κ2) is 3.80. The largest absolute Gasteiger partial charge is 0.100 e. The van der Waals surface area contributed by atoms with Gasteiger partial charge in [0.05, 0.1) is 0 Å². The fraction of sp³-hybridized carbons (Fsp3) is 0.800. The van der Waals surface area contributed by atoms with Gasteiger partial charge in [-0.1, -0.05) is 39.2 Å². The van der Waals surface area contributed by atoms with Gasteiger partial charge in [0.25, 0.3) is 0 Å². The van der Waals surface area contributed by atoms with Crippen molar-refractivity contribution in [3.63, 3.8) is 0 Å². The molecule has 0 nitrogen and oxygen atoms in total. The van der Waals surface area contributed by atoms with Crippen LogP contribution in [0.4, 0.5) is 0 Å². The van der Waals surface area contributed by atoms with Gasteiger partial charge in [-0.05, 0) is 18.8 Å². The van der Waals surface area contributed by atoms with Gasteiger partial charge in [0.2, 0.25) is 0 Å². The van der Waals surface area contributed by atoms with Crippen molar-refractivity contribution in [1.82, 2.24) is 0 Å². The molecule has 0 aliphatic carbocycles. The minimum atomic E-state index is 0.506. The van der Waals surface area contributed by atoms with Crippen LogP contribution >= 0.6 is 0 Å². The van der Waals surface area contributed by atoms with E-state index in [2.05, 4.69) is 34.3 Å². The second-order valence-electron chi connectivity index (χ2n) is 3.65. The topological polar surface area (TPSA) is 0 Å². The normalized spacial score (nSPS) is 11.6. The summed E-state index contributed by atoms with van der Waals surface area (Å²) in [6.07, 6.45) is 3.70. The first-order valence-corrected chi connectivity index (χ1v) is 4.18. The van der Waals surface area contributed by atoms with Gasteiger partial charge in [-0.15, -0.1) is 6.58 Å². The summed E-state index contributed by atoms with van der Waals surface area (Å²) in [4.78, 5) is 0. The van der Waals surface area contributed by atoms with Crippen molar-refractivity contribution in [1.29, 1.82) is 0 Å². The molecule has 0 heteroatoms. The minimum absolute atomic E-state index is 0.506. The van der Waals surface area contributed by atoms with Gasteiger partial charge < -0.3 is 0 Å². The smallest absolute Gasteiger partial charge is 0.0272 e. The van der Waals surface area contributed by atoms with Crippen LogP contribution in [0.1, 0.15) is 47.0 Å². The Balaban J connectivity index is 3.92. The van der Waals surface area contributed by atoms with E-state index < -0.39 is 0 Å². The predicted octanol–water partition coefficient (Wildman–Crippen LogP) is 3.78. The molecule has 0 spiro atoms. The van der Waals surface area contributed by atoms with Gasteiger partial charge in [0.15, 0.2) is 0 Å². The summed E-state index contributed by atoms with van der Waals surface area (Å²) < 4.78 is 0. The molecule has 0 aromatic carbocycles. The molecule has 0 atom stereocenters. The Morgan fingerprint density at radius 1 is 1.30 bits per heavy atom. The Bertz CT molecular complexity index is 107. The standard InChI is InChI=1S/C10H20/c1-6-10(5,7-2)8-9(3)4/h3,6-8H2,1-2,4-5H3. The maximum Gasteiger partial charge on any atom is -0.0272 e. The highest BCUT2D eigenvalue weighted by Gasteiger charge is 2.18. The predicted molar refractivity (Wildman–Crippen MR) is 48.1 cm³/mol. The van der Waals surface area contributed by atoms with Crippen LogP contribution < -0.4 is 0 Å². The Labute approximate surface area is 65.3 Å². The van der Waals surface area contributed by atoms with Gasteiger partial charge in [0, 0.05) is 0 Å². The number of hydrogen-bond donors (Lipinski definition) is 0.